The monoisotopic (exact) mass is 280 g/mol. The van der Waals surface area contributed by atoms with Gasteiger partial charge in [0.15, 0.2) is 0 Å². The summed E-state index contributed by atoms with van der Waals surface area (Å²) in [5, 5.41) is 8.69. The molecular formula is C14H20N2O4. The van der Waals surface area contributed by atoms with Crippen molar-refractivity contribution in [2.24, 2.45) is 0 Å². The lowest BCUT2D eigenvalue weighted by atomic mass is 10.3. The van der Waals surface area contributed by atoms with E-state index in [-0.39, 0.29) is 19.0 Å². The van der Waals surface area contributed by atoms with Gasteiger partial charge in [-0.25, -0.2) is 4.79 Å². The Morgan fingerprint density at radius 2 is 1.85 bits per heavy atom. The molecule has 1 N–H and O–H groups in total. The topological polar surface area (TPSA) is 70.1 Å². The molecule has 0 spiro atoms. The third-order valence-electron chi connectivity index (χ3n) is 2.99. The summed E-state index contributed by atoms with van der Waals surface area (Å²) >= 11 is 0. The number of methoxy groups -OCH3 is 1. The number of carbonyl (C=O) groups is 2. The molecule has 0 fully saturated rings. The zero-order valence-corrected chi connectivity index (χ0v) is 12.0. The van der Waals surface area contributed by atoms with Crippen LogP contribution in [0.3, 0.4) is 0 Å². The predicted octanol–water partition coefficient (Wildman–Crippen LogP) is 2.05. The number of amides is 2. The lowest BCUT2D eigenvalue weighted by Crippen LogP contribution is -2.42. The summed E-state index contributed by atoms with van der Waals surface area (Å²) in [5.74, 6) is -0.198. The first-order chi connectivity index (χ1) is 9.49. The van der Waals surface area contributed by atoms with Crippen LogP contribution in [0.25, 0.3) is 0 Å². The zero-order valence-electron chi connectivity index (χ0n) is 12.0. The highest BCUT2D eigenvalue weighted by molar-refractivity contribution is 5.91. The lowest BCUT2D eigenvalue weighted by molar-refractivity contribution is -0.137. The van der Waals surface area contributed by atoms with Crippen LogP contribution in [0.2, 0.25) is 0 Å². The van der Waals surface area contributed by atoms with E-state index in [0.717, 1.165) is 5.69 Å². The van der Waals surface area contributed by atoms with Gasteiger partial charge in [-0.1, -0.05) is 0 Å². The number of anilines is 1. The predicted molar refractivity (Wildman–Crippen MR) is 76.3 cm³/mol. The molecule has 0 aliphatic heterocycles. The van der Waals surface area contributed by atoms with E-state index in [1.54, 1.807) is 38.4 Å². The lowest BCUT2D eigenvalue weighted by Gasteiger charge is -2.27. The first kappa shape index (κ1) is 15.8. The maximum absolute atomic E-state index is 12.3. The van der Waals surface area contributed by atoms with Gasteiger partial charge in [-0.2, -0.15) is 0 Å². The van der Waals surface area contributed by atoms with Crippen molar-refractivity contribution in [3.8, 4) is 5.75 Å². The minimum Gasteiger partial charge on any atom is -0.497 e. The molecule has 0 unspecified atom stereocenters. The number of ether oxygens (including phenoxy) is 1. The van der Waals surface area contributed by atoms with Crippen molar-refractivity contribution >= 4 is 17.7 Å². The van der Waals surface area contributed by atoms with Crippen molar-refractivity contribution in [1.29, 1.82) is 0 Å². The molecule has 0 atom stereocenters. The molecule has 20 heavy (non-hydrogen) atoms. The van der Waals surface area contributed by atoms with Crippen LogP contribution >= 0.6 is 0 Å². The van der Waals surface area contributed by atoms with Gasteiger partial charge in [0.2, 0.25) is 0 Å². The number of rotatable bonds is 6. The number of urea groups is 1. The van der Waals surface area contributed by atoms with Crippen molar-refractivity contribution in [3.05, 3.63) is 24.3 Å². The Balaban J connectivity index is 2.74. The molecule has 6 heteroatoms. The second-order valence-corrected chi connectivity index (χ2v) is 4.26. The van der Waals surface area contributed by atoms with Crippen LogP contribution in [0.15, 0.2) is 24.3 Å². The largest absolute Gasteiger partial charge is 0.497 e. The molecule has 0 aromatic heterocycles. The molecule has 0 aliphatic rings. The van der Waals surface area contributed by atoms with Crippen molar-refractivity contribution in [2.45, 2.75) is 13.3 Å². The molecule has 0 saturated carbocycles. The van der Waals surface area contributed by atoms with Crippen LogP contribution in [0, 0.1) is 0 Å². The van der Waals surface area contributed by atoms with Gasteiger partial charge in [0.1, 0.15) is 5.75 Å². The van der Waals surface area contributed by atoms with Gasteiger partial charge in [-0.15, -0.1) is 0 Å². The fraction of sp³-hybridized carbons (Fsp3) is 0.429. The van der Waals surface area contributed by atoms with E-state index >= 15 is 0 Å². The highest BCUT2D eigenvalue weighted by Gasteiger charge is 2.18. The quantitative estimate of drug-likeness (QED) is 0.865. The molecule has 0 saturated heterocycles. The number of nitrogens with zero attached hydrogens (tertiary/aromatic N) is 2. The average molecular weight is 280 g/mol. The van der Waals surface area contributed by atoms with Gasteiger partial charge >= 0.3 is 12.0 Å². The summed E-state index contributed by atoms with van der Waals surface area (Å²) in [6.45, 7) is 2.49. The summed E-state index contributed by atoms with van der Waals surface area (Å²) in [6, 6.07) is 6.88. The highest BCUT2D eigenvalue weighted by Crippen LogP contribution is 2.19. The van der Waals surface area contributed by atoms with Gasteiger partial charge in [-0.3, -0.25) is 9.69 Å². The number of hydrogen-bond donors (Lipinski definition) is 1. The summed E-state index contributed by atoms with van der Waals surface area (Å²) in [7, 11) is 3.24. The molecular weight excluding hydrogens is 260 g/mol. The Hall–Kier alpha value is -2.24. The van der Waals surface area contributed by atoms with Crippen molar-refractivity contribution < 1.29 is 19.4 Å². The SMILES string of the molecule is CCN(CCC(=O)O)C(=O)N(C)c1ccc(OC)cc1. The fourth-order valence-electron chi connectivity index (χ4n) is 1.75. The van der Waals surface area contributed by atoms with E-state index < -0.39 is 5.97 Å². The first-order valence-electron chi connectivity index (χ1n) is 6.38. The van der Waals surface area contributed by atoms with Gasteiger partial charge in [0.25, 0.3) is 0 Å². The Kier molecular flexibility index (Phi) is 5.83. The number of hydrogen-bond acceptors (Lipinski definition) is 3. The Bertz CT molecular complexity index is 459. The maximum atomic E-state index is 12.3. The smallest absolute Gasteiger partial charge is 0.324 e. The fourth-order valence-corrected chi connectivity index (χ4v) is 1.75. The highest BCUT2D eigenvalue weighted by atomic mass is 16.5. The average Bonchev–Trinajstić information content (AvgIpc) is 2.46. The van der Waals surface area contributed by atoms with Gasteiger partial charge < -0.3 is 14.7 Å². The minimum atomic E-state index is -0.914. The van der Waals surface area contributed by atoms with Crippen LogP contribution in [0.1, 0.15) is 13.3 Å². The molecule has 0 radical (unpaired) electrons. The molecule has 0 aliphatic carbocycles. The third-order valence-corrected chi connectivity index (χ3v) is 2.99. The maximum Gasteiger partial charge on any atom is 0.324 e. The van der Waals surface area contributed by atoms with Crippen molar-refractivity contribution in [3.63, 3.8) is 0 Å². The van der Waals surface area contributed by atoms with E-state index in [1.165, 1.54) is 9.80 Å². The number of benzene rings is 1. The molecule has 1 aromatic carbocycles. The van der Waals surface area contributed by atoms with Crippen LogP contribution in [0.5, 0.6) is 5.75 Å². The molecule has 1 aromatic rings. The van der Waals surface area contributed by atoms with E-state index in [9.17, 15) is 9.59 Å². The number of carbonyl (C=O) groups excluding carboxylic acids is 1. The summed E-state index contributed by atoms with van der Waals surface area (Å²) < 4.78 is 5.06. The number of carboxylic acid groups (broad SMARTS) is 1. The summed E-state index contributed by atoms with van der Waals surface area (Å²) in [5.41, 5.74) is 0.726. The number of aliphatic carboxylic acids is 1. The normalized spacial score (nSPS) is 9.95. The van der Waals surface area contributed by atoms with Gasteiger partial charge in [-0.05, 0) is 31.2 Å². The zero-order chi connectivity index (χ0) is 15.1. The first-order valence-corrected chi connectivity index (χ1v) is 6.38. The Morgan fingerprint density at radius 3 is 2.30 bits per heavy atom. The van der Waals surface area contributed by atoms with Crippen LogP contribution in [-0.4, -0.2) is 49.3 Å². The molecule has 1 rings (SSSR count). The van der Waals surface area contributed by atoms with Gasteiger partial charge in [0, 0.05) is 25.8 Å². The standard InChI is InChI=1S/C14H20N2O4/c1-4-16(10-9-13(17)18)14(19)15(2)11-5-7-12(20-3)8-6-11/h5-8H,4,9-10H2,1-3H3,(H,17,18). The third kappa shape index (κ3) is 4.15. The van der Waals surface area contributed by atoms with Crippen molar-refractivity contribution in [1.82, 2.24) is 4.90 Å². The molecule has 110 valence electrons. The second-order valence-electron chi connectivity index (χ2n) is 4.26. The Morgan fingerprint density at radius 1 is 1.25 bits per heavy atom. The van der Waals surface area contributed by atoms with E-state index in [0.29, 0.717) is 12.3 Å². The van der Waals surface area contributed by atoms with Crippen molar-refractivity contribution in [2.75, 3.05) is 32.1 Å². The summed E-state index contributed by atoms with van der Waals surface area (Å²) in [6.07, 6.45) is -0.0595. The van der Waals surface area contributed by atoms with Crippen LogP contribution in [-0.2, 0) is 4.79 Å². The molecule has 2 amide bonds. The van der Waals surface area contributed by atoms with E-state index in [1.807, 2.05) is 6.92 Å². The minimum absolute atomic E-state index is 0.0595. The van der Waals surface area contributed by atoms with Gasteiger partial charge in [0.05, 0.1) is 13.5 Å². The van der Waals surface area contributed by atoms with E-state index in [4.69, 9.17) is 9.84 Å². The molecule has 6 nitrogen and oxygen atoms in total. The van der Waals surface area contributed by atoms with Crippen LogP contribution in [0.4, 0.5) is 10.5 Å². The molecule has 0 bridgehead atoms. The number of carboxylic acids is 1. The summed E-state index contributed by atoms with van der Waals surface area (Å²) in [4.78, 5) is 25.8. The van der Waals surface area contributed by atoms with E-state index in [2.05, 4.69) is 0 Å². The Labute approximate surface area is 118 Å². The van der Waals surface area contributed by atoms with Crippen LogP contribution < -0.4 is 9.64 Å². The molecule has 0 heterocycles. The second kappa shape index (κ2) is 7.37.